The number of hydrogen-bond acceptors (Lipinski definition) is 5. The van der Waals surface area contributed by atoms with Gasteiger partial charge < -0.3 is 16.4 Å². The van der Waals surface area contributed by atoms with Crippen LogP contribution in [-0.2, 0) is 4.79 Å². The molecule has 5 N–H and O–H groups in total. The first-order valence-corrected chi connectivity index (χ1v) is 6.59. The van der Waals surface area contributed by atoms with E-state index in [9.17, 15) is 9.59 Å². The van der Waals surface area contributed by atoms with Gasteiger partial charge in [0, 0.05) is 19.3 Å². The van der Waals surface area contributed by atoms with Crippen LogP contribution in [0.15, 0.2) is 23.0 Å². The molecule has 0 aliphatic heterocycles. The van der Waals surface area contributed by atoms with Crippen LogP contribution in [-0.4, -0.2) is 29.5 Å². The summed E-state index contributed by atoms with van der Waals surface area (Å²) in [6.07, 6.45) is 0. The molecular formula is C14H19N5O2. The minimum atomic E-state index is -0.622. The number of carbonyl (C=O) groups excluding carboxylic acids is 1. The minimum absolute atomic E-state index is 0.0918. The maximum atomic E-state index is 12.0. The van der Waals surface area contributed by atoms with E-state index in [1.165, 1.54) is 0 Å². The van der Waals surface area contributed by atoms with E-state index in [0.717, 1.165) is 0 Å². The lowest BCUT2D eigenvalue weighted by molar-refractivity contribution is -0.128. The standard InChI is InChI=1S/C14H19N5O2/c1-14(2,12(21)16-3)7-17-13-18-10-5-4-8(15)6-9(10)11(20)19-13/h4-6H,7,15H2,1-3H3,(H,16,21)(H2,17,18,19,20). The first-order valence-electron chi connectivity index (χ1n) is 6.59. The van der Waals surface area contributed by atoms with Crippen molar-refractivity contribution in [3.8, 4) is 0 Å². The SMILES string of the molecule is CNC(=O)C(C)(C)CNc1nc2ccc(N)cc2c(=O)[nH]1. The summed E-state index contributed by atoms with van der Waals surface area (Å²) in [5, 5.41) is 6.03. The van der Waals surface area contributed by atoms with Crippen molar-refractivity contribution >= 4 is 28.4 Å². The quantitative estimate of drug-likeness (QED) is 0.618. The average molecular weight is 289 g/mol. The normalized spacial score (nSPS) is 11.4. The molecule has 1 heterocycles. The second-order valence-electron chi connectivity index (χ2n) is 5.51. The third-order valence-corrected chi connectivity index (χ3v) is 3.27. The largest absolute Gasteiger partial charge is 0.399 e. The maximum Gasteiger partial charge on any atom is 0.260 e. The zero-order valence-corrected chi connectivity index (χ0v) is 12.3. The smallest absolute Gasteiger partial charge is 0.260 e. The summed E-state index contributed by atoms with van der Waals surface area (Å²) in [6.45, 7) is 3.95. The van der Waals surface area contributed by atoms with Crippen molar-refractivity contribution in [3.63, 3.8) is 0 Å². The summed E-state index contributed by atoms with van der Waals surface area (Å²) in [5.74, 6) is 0.236. The van der Waals surface area contributed by atoms with Crippen molar-refractivity contribution in [2.45, 2.75) is 13.8 Å². The molecule has 1 amide bonds. The molecule has 0 unspecified atom stereocenters. The van der Waals surface area contributed by atoms with Gasteiger partial charge in [-0.2, -0.15) is 0 Å². The van der Waals surface area contributed by atoms with Crippen LogP contribution in [0.1, 0.15) is 13.8 Å². The number of rotatable bonds is 4. The number of nitrogens with two attached hydrogens (primary N) is 1. The van der Waals surface area contributed by atoms with Crippen LogP contribution < -0.4 is 21.9 Å². The molecule has 112 valence electrons. The van der Waals surface area contributed by atoms with Gasteiger partial charge in [-0.25, -0.2) is 4.98 Å². The van der Waals surface area contributed by atoms with Crippen LogP contribution in [0, 0.1) is 5.41 Å². The number of nitrogens with zero attached hydrogens (tertiary/aromatic N) is 1. The highest BCUT2D eigenvalue weighted by Gasteiger charge is 2.26. The zero-order valence-electron chi connectivity index (χ0n) is 12.3. The van der Waals surface area contributed by atoms with E-state index in [-0.39, 0.29) is 11.5 Å². The molecule has 2 aromatic rings. The van der Waals surface area contributed by atoms with E-state index in [0.29, 0.717) is 29.1 Å². The fourth-order valence-electron chi connectivity index (χ4n) is 1.96. The van der Waals surface area contributed by atoms with Gasteiger partial charge in [0.25, 0.3) is 5.56 Å². The predicted molar refractivity (Wildman–Crippen MR) is 83.1 cm³/mol. The first kappa shape index (κ1) is 14.8. The Hall–Kier alpha value is -2.57. The number of H-pyrrole nitrogens is 1. The van der Waals surface area contributed by atoms with Gasteiger partial charge in [0.2, 0.25) is 11.9 Å². The van der Waals surface area contributed by atoms with E-state index >= 15 is 0 Å². The number of aromatic nitrogens is 2. The third-order valence-electron chi connectivity index (χ3n) is 3.27. The van der Waals surface area contributed by atoms with Crippen LogP contribution in [0.2, 0.25) is 0 Å². The summed E-state index contributed by atoms with van der Waals surface area (Å²) in [6, 6.07) is 4.96. The summed E-state index contributed by atoms with van der Waals surface area (Å²) >= 11 is 0. The molecule has 7 heteroatoms. The van der Waals surface area contributed by atoms with Crippen molar-refractivity contribution in [1.29, 1.82) is 0 Å². The highest BCUT2D eigenvalue weighted by atomic mass is 16.2. The molecule has 1 aromatic carbocycles. The number of nitrogens with one attached hydrogen (secondary N) is 3. The number of nitrogen functional groups attached to an aromatic ring is 1. The summed E-state index contributed by atoms with van der Waals surface area (Å²) in [5.41, 5.74) is 5.82. The molecule has 1 aromatic heterocycles. The van der Waals surface area contributed by atoms with Crippen molar-refractivity contribution in [1.82, 2.24) is 15.3 Å². The lowest BCUT2D eigenvalue weighted by atomic mass is 9.92. The number of aromatic amines is 1. The van der Waals surface area contributed by atoms with Gasteiger partial charge >= 0.3 is 0 Å². The topological polar surface area (TPSA) is 113 Å². The Bertz CT molecular complexity index is 736. The summed E-state index contributed by atoms with van der Waals surface area (Å²) in [4.78, 5) is 30.7. The molecule has 0 bridgehead atoms. The minimum Gasteiger partial charge on any atom is -0.399 e. The first-order chi connectivity index (χ1) is 9.83. The molecule has 0 saturated carbocycles. The molecule has 0 spiro atoms. The molecule has 2 rings (SSSR count). The Kier molecular flexibility index (Phi) is 3.84. The van der Waals surface area contributed by atoms with Crippen molar-refractivity contribution in [3.05, 3.63) is 28.6 Å². The van der Waals surface area contributed by atoms with Crippen LogP contribution in [0.4, 0.5) is 11.6 Å². The molecule has 0 aliphatic carbocycles. The van der Waals surface area contributed by atoms with Crippen LogP contribution in [0.5, 0.6) is 0 Å². The number of benzene rings is 1. The highest BCUT2D eigenvalue weighted by molar-refractivity contribution is 5.83. The third kappa shape index (κ3) is 3.13. The van der Waals surface area contributed by atoms with Gasteiger partial charge in [-0.1, -0.05) is 0 Å². The molecule has 0 radical (unpaired) electrons. The van der Waals surface area contributed by atoms with E-state index in [1.807, 2.05) is 0 Å². The fourth-order valence-corrected chi connectivity index (χ4v) is 1.96. The second-order valence-corrected chi connectivity index (χ2v) is 5.51. The zero-order chi connectivity index (χ0) is 15.6. The predicted octanol–water partition coefficient (Wildman–Crippen LogP) is 0.689. The Morgan fingerprint density at radius 3 is 2.81 bits per heavy atom. The Morgan fingerprint density at radius 2 is 2.14 bits per heavy atom. The van der Waals surface area contributed by atoms with Gasteiger partial charge in [0.1, 0.15) is 0 Å². The maximum absolute atomic E-state index is 12.0. The monoisotopic (exact) mass is 289 g/mol. The van der Waals surface area contributed by atoms with Crippen LogP contribution in [0.3, 0.4) is 0 Å². The van der Waals surface area contributed by atoms with E-state index in [2.05, 4.69) is 20.6 Å². The highest BCUT2D eigenvalue weighted by Crippen LogP contribution is 2.17. The number of carbonyl (C=O) groups is 1. The Balaban J connectivity index is 2.26. The van der Waals surface area contributed by atoms with Gasteiger partial charge in [-0.3, -0.25) is 14.6 Å². The number of hydrogen-bond donors (Lipinski definition) is 4. The van der Waals surface area contributed by atoms with Gasteiger partial charge in [-0.15, -0.1) is 0 Å². The van der Waals surface area contributed by atoms with Crippen molar-refractivity contribution in [2.24, 2.45) is 5.41 Å². The van der Waals surface area contributed by atoms with Gasteiger partial charge in [0.05, 0.1) is 16.3 Å². The fraction of sp³-hybridized carbons (Fsp3) is 0.357. The molecular weight excluding hydrogens is 270 g/mol. The van der Waals surface area contributed by atoms with Crippen molar-refractivity contribution in [2.75, 3.05) is 24.6 Å². The Labute approximate surface area is 122 Å². The Morgan fingerprint density at radius 1 is 1.43 bits per heavy atom. The lowest BCUT2D eigenvalue weighted by Gasteiger charge is -2.22. The lowest BCUT2D eigenvalue weighted by Crippen LogP contribution is -2.39. The molecule has 21 heavy (non-hydrogen) atoms. The molecule has 0 atom stereocenters. The number of amides is 1. The van der Waals surface area contributed by atoms with Crippen molar-refractivity contribution < 1.29 is 4.79 Å². The number of fused-ring (bicyclic) bond motifs is 1. The van der Waals surface area contributed by atoms with Crippen LogP contribution in [0.25, 0.3) is 10.9 Å². The van der Waals surface area contributed by atoms with Gasteiger partial charge in [0.15, 0.2) is 0 Å². The molecule has 0 saturated heterocycles. The second kappa shape index (κ2) is 5.43. The van der Waals surface area contributed by atoms with E-state index < -0.39 is 5.41 Å². The summed E-state index contributed by atoms with van der Waals surface area (Å²) < 4.78 is 0. The van der Waals surface area contributed by atoms with E-state index in [4.69, 9.17) is 5.73 Å². The van der Waals surface area contributed by atoms with E-state index in [1.54, 1.807) is 39.1 Å². The number of anilines is 2. The molecule has 0 aliphatic rings. The van der Waals surface area contributed by atoms with Crippen LogP contribution >= 0.6 is 0 Å². The van der Waals surface area contributed by atoms with Gasteiger partial charge in [-0.05, 0) is 32.0 Å². The molecule has 0 fully saturated rings. The molecule has 7 nitrogen and oxygen atoms in total. The average Bonchev–Trinajstić information content (AvgIpc) is 2.45. The summed E-state index contributed by atoms with van der Waals surface area (Å²) in [7, 11) is 1.59.